The molecule has 0 saturated heterocycles. The van der Waals surface area contributed by atoms with Crippen molar-refractivity contribution in [3.05, 3.63) is 96.1 Å². The highest BCUT2D eigenvalue weighted by atomic mass is 16.5. The molecule has 6 heteroatoms. The fourth-order valence-corrected chi connectivity index (χ4v) is 3.34. The van der Waals surface area contributed by atoms with Gasteiger partial charge in [0.2, 0.25) is 0 Å². The van der Waals surface area contributed by atoms with Crippen LogP contribution in [-0.2, 0) is 0 Å². The van der Waals surface area contributed by atoms with Crippen LogP contribution in [0.2, 0.25) is 0 Å². The van der Waals surface area contributed by atoms with Gasteiger partial charge in [-0.25, -0.2) is 0 Å². The molecule has 4 rings (SSSR count). The zero-order valence-corrected chi connectivity index (χ0v) is 18.9. The van der Waals surface area contributed by atoms with E-state index in [1.807, 2.05) is 67.7 Å². The Hall–Kier alpha value is -4.58. The minimum atomic E-state index is 0.0499. The molecule has 0 aliphatic heterocycles. The molecular weight excluding hydrogens is 426 g/mol. The van der Waals surface area contributed by atoms with Crippen LogP contribution >= 0.6 is 0 Å². The highest BCUT2D eigenvalue weighted by molar-refractivity contribution is 5.85. The molecule has 0 fully saturated rings. The van der Waals surface area contributed by atoms with Crippen LogP contribution in [0.4, 0.5) is 17.1 Å². The molecule has 170 valence electrons. The van der Waals surface area contributed by atoms with E-state index in [0.29, 0.717) is 11.4 Å². The maximum Gasteiger partial charge on any atom is 0.141 e. The second-order valence-corrected chi connectivity index (χ2v) is 7.57. The monoisotopic (exact) mass is 451 g/mol. The van der Waals surface area contributed by atoms with Gasteiger partial charge in [0.25, 0.3) is 0 Å². The van der Waals surface area contributed by atoms with Gasteiger partial charge in [-0.15, -0.1) is 0 Å². The van der Waals surface area contributed by atoms with Gasteiger partial charge in [-0.2, -0.15) is 0 Å². The van der Waals surface area contributed by atoms with Crippen molar-refractivity contribution in [3.63, 3.8) is 0 Å². The van der Waals surface area contributed by atoms with Gasteiger partial charge in [-0.05, 0) is 82.9 Å². The zero-order chi connectivity index (χ0) is 23.9. The van der Waals surface area contributed by atoms with Gasteiger partial charge >= 0.3 is 0 Å². The molecule has 4 aromatic rings. The van der Waals surface area contributed by atoms with E-state index in [-0.39, 0.29) is 11.5 Å². The van der Waals surface area contributed by atoms with Crippen LogP contribution in [0.15, 0.2) is 94.9 Å². The summed E-state index contributed by atoms with van der Waals surface area (Å²) >= 11 is 0. The molecular formula is C28H25N3O3. The van der Waals surface area contributed by atoms with Crippen molar-refractivity contribution in [3.8, 4) is 28.4 Å². The van der Waals surface area contributed by atoms with E-state index >= 15 is 0 Å². The van der Waals surface area contributed by atoms with E-state index in [4.69, 9.17) is 4.74 Å². The Labute approximate surface area is 198 Å². The molecule has 4 aromatic carbocycles. The molecule has 0 aromatic heterocycles. The van der Waals surface area contributed by atoms with Gasteiger partial charge in [0.05, 0.1) is 7.11 Å². The zero-order valence-electron chi connectivity index (χ0n) is 18.9. The van der Waals surface area contributed by atoms with Gasteiger partial charge in [0, 0.05) is 25.2 Å². The average molecular weight is 452 g/mol. The molecule has 0 spiro atoms. The number of phenols is 2. The standard InChI is InChI=1S/C28H25N3O3/c1-29-23-9-3-19(4-10-23)17-30-25-13-7-21(15-27(25)32)22-8-14-26(28(33)16-22)31-18-20-5-11-24(34-2)12-6-20/h3-18,29,32-33H,1-2H3. The lowest BCUT2D eigenvalue weighted by Gasteiger charge is -2.07. The number of ether oxygens (including phenoxy) is 1. The largest absolute Gasteiger partial charge is 0.506 e. The molecule has 0 aliphatic rings. The summed E-state index contributed by atoms with van der Waals surface area (Å²) in [5.41, 5.74) is 5.28. The van der Waals surface area contributed by atoms with Crippen LogP contribution < -0.4 is 10.1 Å². The van der Waals surface area contributed by atoms with Gasteiger partial charge in [-0.3, -0.25) is 9.98 Å². The number of hydrogen-bond donors (Lipinski definition) is 3. The van der Waals surface area contributed by atoms with Crippen LogP contribution in [0.3, 0.4) is 0 Å². The predicted molar refractivity (Wildman–Crippen MR) is 139 cm³/mol. The first-order chi connectivity index (χ1) is 16.6. The van der Waals surface area contributed by atoms with Gasteiger partial charge in [-0.1, -0.05) is 24.3 Å². The van der Waals surface area contributed by atoms with Gasteiger partial charge < -0.3 is 20.3 Å². The summed E-state index contributed by atoms with van der Waals surface area (Å²) in [4.78, 5) is 8.76. The summed E-state index contributed by atoms with van der Waals surface area (Å²) in [6.07, 6.45) is 3.38. The number of methoxy groups -OCH3 is 1. The maximum atomic E-state index is 10.5. The van der Waals surface area contributed by atoms with Crippen molar-refractivity contribution in [2.45, 2.75) is 0 Å². The lowest BCUT2D eigenvalue weighted by molar-refractivity contribution is 0.415. The first-order valence-corrected chi connectivity index (χ1v) is 10.7. The van der Waals surface area contributed by atoms with Crippen LogP contribution in [0.25, 0.3) is 11.1 Å². The number of nitrogens with one attached hydrogen (secondary N) is 1. The molecule has 0 heterocycles. The smallest absolute Gasteiger partial charge is 0.141 e. The minimum absolute atomic E-state index is 0.0499. The number of benzene rings is 4. The Morgan fingerprint density at radius 3 is 1.56 bits per heavy atom. The molecule has 0 amide bonds. The Bertz CT molecular complexity index is 1220. The highest BCUT2D eigenvalue weighted by Gasteiger charge is 2.07. The number of aromatic hydroxyl groups is 2. The first-order valence-electron chi connectivity index (χ1n) is 10.7. The lowest BCUT2D eigenvalue weighted by Crippen LogP contribution is -1.88. The number of hydrogen-bond acceptors (Lipinski definition) is 6. The van der Waals surface area contributed by atoms with E-state index in [1.54, 1.807) is 43.8 Å². The highest BCUT2D eigenvalue weighted by Crippen LogP contribution is 2.36. The fourth-order valence-electron chi connectivity index (χ4n) is 3.34. The third-order valence-electron chi connectivity index (χ3n) is 5.30. The molecule has 6 nitrogen and oxygen atoms in total. The summed E-state index contributed by atoms with van der Waals surface area (Å²) < 4.78 is 5.15. The molecule has 0 unspecified atom stereocenters. The second kappa shape index (κ2) is 10.4. The molecule has 0 atom stereocenters. The van der Waals surface area contributed by atoms with Crippen molar-refractivity contribution in [1.82, 2.24) is 0 Å². The molecule has 0 saturated carbocycles. The SMILES string of the molecule is CNc1ccc(C=Nc2ccc(-c3ccc(N=Cc4ccc(OC)cc4)c(O)c3)cc2O)cc1. The number of rotatable bonds is 7. The molecule has 0 aliphatic carbocycles. The molecule has 34 heavy (non-hydrogen) atoms. The summed E-state index contributed by atoms with van der Waals surface area (Å²) in [5, 5.41) is 24.0. The summed E-state index contributed by atoms with van der Waals surface area (Å²) in [7, 11) is 3.49. The third kappa shape index (κ3) is 5.42. The Morgan fingerprint density at radius 2 is 1.15 bits per heavy atom. The fraction of sp³-hybridized carbons (Fsp3) is 0.0714. The molecule has 0 bridgehead atoms. The Kier molecular flexibility index (Phi) is 6.89. The number of anilines is 1. The maximum absolute atomic E-state index is 10.5. The Balaban J connectivity index is 1.49. The van der Waals surface area contributed by atoms with Crippen molar-refractivity contribution < 1.29 is 14.9 Å². The summed E-state index contributed by atoms with van der Waals surface area (Å²) in [6.45, 7) is 0. The summed E-state index contributed by atoms with van der Waals surface area (Å²) in [5.74, 6) is 0.878. The number of phenolic OH excluding ortho intramolecular Hbond substituents is 2. The van der Waals surface area contributed by atoms with Crippen LogP contribution in [0.5, 0.6) is 17.2 Å². The second-order valence-electron chi connectivity index (χ2n) is 7.57. The molecule has 3 N–H and O–H groups in total. The van der Waals surface area contributed by atoms with E-state index in [0.717, 1.165) is 33.7 Å². The van der Waals surface area contributed by atoms with Crippen molar-refractivity contribution >= 4 is 29.5 Å². The van der Waals surface area contributed by atoms with Crippen LogP contribution in [0, 0.1) is 0 Å². The van der Waals surface area contributed by atoms with E-state index in [1.165, 1.54) is 0 Å². The average Bonchev–Trinajstić information content (AvgIpc) is 2.88. The van der Waals surface area contributed by atoms with E-state index in [9.17, 15) is 10.2 Å². The number of aliphatic imine (C=N–C) groups is 2. The van der Waals surface area contributed by atoms with Crippen LogP contribution in [-0.4, -0.2) is 36.8 Å². The van der Waals surface area contributed by atoms with Crippen LogP contribution in [0.1, 0.15) is 11.1 Å². The third-order valence-corrected chi connectivity index (χ3v) is 5.30. The lowest BCUT2D eigenvalue weighted by atomic mass is 10.0. The first kappa shape index (κ1) is 22.6. The topological polar surface area (TPSA) is 86.4 Å². The predicted octanol–water partition coefficient (Wildman–Crippen LogP) is 6.32. The Morgan fingerprint density at radius 1 is 0.676 bits per heavy atom. The van der Waals surface area contributed by atoms with Gasteiger partial charge in [0.15, 0.2) is 0 Å². The van der Waals surface area contributed by atoms with Crippen molar-refractivity contribution in [2.75, 3.05) is 19.5 Å². The van der Waals surface area contributed by atoms with Crippen molar-refractivity contribution in [2.24, 2.45) is 9.98 Å². The summed E-state index contributed by atoms with van der Waals surface area (Å²) in [6, 6.07) is 25.7. The van der Waals surface area contributed by atoms with E-state index in [2.05, 4.69) is 15.3 Å². The van der Waals surface area contributed by atoms with Crippen molar-refractivity contribution in [1.29, 1.82) is 0 Å². The van der Waals surface area contributed by atoms with E-state index < -0.39 is 0 Å². The normalized spacial score (nSPS) is 11.2. The van der Waals surface area contributed by atoms with Gasteiger partial charge in [0.1, 0.15) is 28.6 Å². The minimum Gasteiger partial charge on any atom is -0.506 e. The quantitative estimate of drug-likeness (QED) is 0.287. The molecule has 0 radical (unpaired) electrons. The number of nitrogens with zero attached hydrogens (tertiary/aromatic N) is 2.